The Kier molecular flexibility index (Phi) is 5.53. The third kappa shape index (κ3) is 3.15. The molecule has 0 bridgehead atoms. The minimum Gasteiger partial charge on any atom is -0.148 e. The highest BCUT2D eigenvalue weighted by Gasteiger charge is 2.68. The van der Waals surface area contributed by atoms with Gasteiger partial charge in [0.2, 0.25) is 0 Å². The molecule has 2 spiro atoms. The summed E-state index contributed by atoms with van der Waals surface area (Å²) in [5.74, 6) is 5.59. The summed E-state index contributed by atoms with van der Waals surface area (Å²) in [7, 11) is -2.89. The van der Waals surface area contributed by atoms with Gasteiger partial charge >= 0.3 is 0 Å². The molecule has 25 heavy (non-hydrogen) atoms. The first-order valence-corrected chi connectivity index (χ1v) is 19.4. The zero-order valence-corrected chi connectivity index (χ0v) is 20.9. The highest BCUT2D eigenvalue weighted by molar-refractivity contribution is 8.25. The second kappa shape index (κ2) is 7.14. The zero-order chi connectivity index (χ0) is 17.6. The molecule has 0 aliphatic carbocycles. The maximum absolute atomic E-state index is 2.77. The van der Waals surface area contributed by atoms with Crippen molar-refractivity contribution < 1.29 is 0 Å². The summed E-state index contributed by atoms with van der Waals surface area (Å²) < 4.78 is 1.11. The van der Waals surface area contributed by atoms with E-state index in [1.165, 1.54) is 47.9 Å². The highest BCUT2D eigenvalue weighted by Crippen LogP contribution is 2.67. The summed E-state index contributed by atoms with van der Waals surface area (Å²) in [4.78, 5) is 0. The molecule has 3 saturated heterocycles. The Morgan fingerprint density at radius 3 is 1.60 bits per heavy atom. The molecule has 0 radical (unpaired) electrons. The van der Waals surface area contributed by atoms with E-state index in [0.29, 0.717) is 7.40 Å². The van der Waals surface area contributed by atoms with Crippen LogP contribution in [0.1, 0.15) is 12.8 Å². The van der Waals surface area contributed by atoms with Crippen LogP contribution in [-0.2, 0) is 0 Å². The van der Waals surface area contributed by atoms with Gasteiger partial charge in [0.25, 0.3) is 0 Å². The van der Waals surface area contributed by atoms with E-state index in [-0.39, 0.29) is 0 Å². The minimum atomic E-state index is -1.47. The molecule has 3 heterocycles. The van der Waals surface area contributed by atoms with Gasteiger partial charge in [-0.05, 0) is 47.9 Å². The van der Waals surface area contributed by atoms with E-state index in [1.54, 1.807) is 5.19 Å². The molecule has 3 aliphatic rings. The van der Waals surface area contributed by atoms with Crippen molar-refractivity contribution in [3.05, 3.63) is 30.3 Å². The van der Waals surface area contributed by atoms with Crippen molar-refractivity contribution in [2.45, 2.75) is 52.0 Å². The van der Waals surface area contributed by atoms with Crippen molar-refractivity contribution >= 4 is 68.4 Å². The summed E-state index contributed by atoms with van der Waals surface area (Å²) in [5.41, 5.74) is 0. The van der Waals surface area contributed by atoms with Crippen LogP contribution in [0.2, 0.25) is 31.7 Å². The maximum Gasteiger partial charge on any atom is 0.107 e. The molecule has 0 unspecified atom stereocenters. The SMILES string of the molecule is C[Si]1(c2ccccc2)CC2(SCCCS2)[Si](C)(C)C2(C1)SCCCS2. The standard InChI is InChI=1S/C19H30S4Si2/c1-24(2)18(20-11-7-12-21-18)15-25(3,17-9-5-4-6-10-17)16-19(24)22-13-8-14-23-19/h4-6,9-10H,7-8,11-16H2,1-3H3. The number of benzene rings is 1. The number of hydrogen-bond donors (Lipinski definition) is 0. The topological polar surface area (TPSA) is 0 Å². The average Bonchev–Trinajstić information content (AvgIpc) is 2.63. The lowest BCUT2D eigenvalue weighted by Crippen LogP contribution is -2.74. The molecule has 0 nitrogen and oxygen atoms in total. The van der Waals surface area contributed by atoms with E-state index in [4.69, 9.17) is 0 Å². The first-order chi connectivity index (χ1) is 11.9. The first-order valence-electron chi connectivity index (χ1n) is 9.55. The third-order valence-electron chi connectivity index (χ3n) is 6.54. The van der Waals surface area contributed by atoms with Crippen LogP contribution in [0.5, 0.6) is 0 Å². The van der Waals surface area contributed by atoms with Gasteiger partial charge in [-0.25, -0.2) is 0 Å². The molecule has 0 aromatic heterocycles. The Bertz CT molecular complexity index is 577. The van der Waals surface area contributed by atoms with Crippen LogP contribution in [0.15, 0.2) is 30.3 Å². The van der Waals surface area contributed by atoms with Gasteiger partial charge in [0.05, 0.1) is 15.5 Å². The van der Waals surface area contributed by atoms with Crippen LogP contribution in [0, 0.1) is 0 Å². The molecular weight excluding hydrogens is 413 g/mol. The average molecular weight is 443 g/mol. The summed E-state index contributed by atoms with van der Waals surface area (Å²) in [6.07, 6.45) is 2.83. The predicted octanol–water partition coefficient (Wildman–Crippen LogP) is 5.91. The van der Waals surface area contributed by atoms with E-state index < -0.39 is 16.1 Å². The van der Waals surface area contributed by atoms with Crippen molar-refractivity contribution in [1.82, 2.24) is 0 Å². The molecule has 138 valence electrons. The summed E-state index contributed by atoms with van der Waals surface area (Å²) >= 11 is 9.56. The fourth-order valence-electron chi connectivity index (χ4n) is 4.94. The fraction of sp³-hybridized carbons (Fsp3) is 0.684. The molecule has 4 rings (SSSR count). The van der Waals surface area contributed by atoms with Gasteiger partial charge in [0, 0.05) is 0 Å². The first kappa shape index (κ1) is 19.4. The van der Waals surface area contributed by atoms with Crippen LogP contribution >= 0.6 is 47.0 Å². The Morgan fingerprint density at radius 2 is 1.16 bits per heavy atom. The molecule has 0 amide bonds. The van der Waals surface area contributed by atoms with Gasteiger partial charge in [0.15, 0.2) is 0 Å². The molecule has 6 heteroatoms. The normalized spacial score (nSPS) is 29.6. The molecule has 0 saturated carbocycles. The van der Waals surface area contributed by atoms with Crippen molar-refractivity contribution in [2.75, 3.05) is 23.0 Å². The zero-order valence-electron chi connectivity index (χ0n) is 15.7. The number of hydrogen-bond acceptors (Lipinski definition) is 4. The number of thioether (sulfide) groups is 4. The summed E-state index contributed by atoms with van der Waals surface area (Å²) in [5, 5.41) is 1.72. The Morgan fingerprint density at radius 1 is 0.720 bits per heavy atom. The molecule has 3 aliphatic heterocycles. The third-order valence-corrected chi connectivity index (χ3v) is 30.5. The van der Waals surface area contributed by atoms with E-state index in [0.717, 1.165) is 0 Å². The molecular formula is C19H30S4Si2. The van der Waals surface area contributed by atoms with Crippen LogP contribution in [0.4, 0.5) is 0 Å². The van der Waals surface area contributed by atoms with Crippen LogP contribution in [-0.4, -0.2) is 46.6 Å². The Labute approximate surface area is 172 Å². The van der Waals surface area contributed by atoms with Gasteiger partial charge in [-0.2, -0.15) is 0 Å². The highest BCUT2D eigenvalue weighted by atomic mass is 32.2. The molecule has 1 aromatic carbocycles. The van der Waals surface area contributed by atoms with Crippen molar-refractivity contribution in [2.24, 2.45) is 0 Å². The van der Waals surface area contributed by atoms with Crippen molar-refractivity contribution in [3.63, 3.8) is 0 Å². The lowest BCUT2D eigenvalue weighted by Gasteiger charge is -2.64. The van der Waals surface area contributed by atoms with Gasteiger partial charge in [-0.15, -0.1) is 47.0 Å². The summed E-state index contributed by atoms with van der Waals surface area (Å²) in [6, 6.07) is 14.7. The number of rotatable bonds is 1. The smallest absolute Gasteiger partial charge is 0.107 e. The lowest BCUT2D eigenvalue weighted by atomic mass is 10.4. The second-order valence-corrected chi connectivity index (χ2v) is 25.4. The molecule has 3 fully saturated rings. The van der Waals surface area contributed by atoms with Crippen LogP contribution < -0.4 is 5.19 Å². The van der Waals surface area contributed by atoms with Crippen molar-refractivity contribution in [1.29, 1.82) is 0 Å². The van der Waals surface area contributed by atoms with E-state index in [2.05, 4.69) is 97.0 Å². The van der Waals surface area contributed by atoms with E-state index >= 15 is 0 Å². The van der Waals surface area contributed by atoms with Gasteiger partial charge in [0.1, 0.15) is 8.07 Å². The van der Waals surface area contributed by atoms with E-state index in [1.807, 2.05) is 0 Å². The van der Waals surface area contributed by atoms with Gasteiger partial charge < -0.3 is 0 Å². The Balaban J connectivity index is 1.82. The lowest BCUT2D eigenvalue weighted by molar-refractivity contribution is 0.947. The summed E-state index contributed by atoms with van der Waals surface area (Å²) in [6.45, 7) is 8.26. The maximum atomic E-state index is 2.77. The fourth-order valence-corrected chi connectivity index (χ4v) is 34.8. The second-order valence-electron chi connectivity index (χ2n) is 8.51. The predicted molar refractivity (Wildman–Crippen MR) is 129 cm³/mol. The quantitative estimate of drug-likeness (QED) is 0.496. The van der Waals surface area contributed by atoms with Crippen LogP contribution in [0.25, 0.3) is 0 Å². The monoisotopic (exact) mass is 442 g/mol. The molecule has 0 atom stereocenters. The Hall–Kier alpha value is 1.05. The molecule has 0 N–H and O–H groups in total. The van der Waals surface area contributed by atoms with Crippen molar-refractivity contribution in [3.8, 4) is 0 Å². The minimum absolute atomic E-state index is 0.553. The van der Waals surface area contributed by atoms with Gasteiger partial charge in [-0.3, -0.25) is 0 Å². The van der Waals surface area contributed by atoms with Gasteiger partial charge in [-0.1, -0.05) is 55.2 Å². The van der Waals surface area contributed by atoms with E-state index in [9.17, 15) is 0 Å². The molecule has 1 aromatic rings. The largest absolute Gasteiger partial charge is 0.148 e. The van der Waals surface area contributed by atoms with Crippen LogP contribution in [0.3, 0.4) is 0 Å².